The molecular formula is C13H18N2O5S. The molecular weight excluding hydrogens is 296 g/mol. The molecule has 0 radical (unpaired) electrons. The third-order valence-electron chi connectivity index (χ3n) is 3.09. The summed E-state index contributed by atoms with van der Waals surface area (Å²) < 4.78 is 5.11. The zero-order chi connectivity index (χ0) is 15.9. The minimum absolute atomic E-state index is 0.404. The van der Waals surface area contributed by atoms with Crippen LogP contribution in [0.2, 0.25) is 0 Å². The number of hydrogen-bond acceptors (Lipinski definition) is 5. The van der Waals surface area contributed by atoms with Crippen LogP contribution in [-0.2, 0) is 14.3 Å². The van der Waals surface area contributed by atoms with E-state index in [9.17, 15) is 19.5 Å². The molecule has 0 spiro atoms. The first-order valence-electron chi connectivity index (χ1n) is 6.48. The first kappa shape index (κ1) is 15.7. The predicted molar refractivity (Wildman–Crippen MR) is 76.6 cm³/mol. The number of carboxylic acids is 1. The minimum atomic E-state index is -1.07. The van der Waals surface area contributed by atoms with E-state index in [4.69, 9.17) is 4.74 Å². The van der Waals surface area contributed by atoms with Crippen LogP contribution in [0.15, 0.2) is 11.0 Å². The van der Waals surface area contributed by atoms with Gasteiger partial charge in [0.1, 0.15) is 17.0 Å². The Balaban J connectivity index is 2.06. The van der Waals surface area contributed by atoms with E-state index in [1.165, 1.54) is 16.7 Å². The van der Waals surface area contributed by atoms with Crippen LogP contribution in [0, 0.1) is 0 Å². The Labute approximate surface area is 126 Å². The summed E-state index contributed by atoms with van der Waals surface area (Å²) in [7, 11) is 0. The van der Waals surface area contributed by atoms with Gasteiger partial charge in [-0.3, -0.25) is 4.79 Å². The fraction of sp³-hybridized carbons (Fsp3) is 0.615. The Kier molecular flexibility index (Phi) is 3.92. The SMILES string of the molecule is CC1=CSC2C(NC(=O)OC(C)(C)C)C(=O)N2C1C(=O)O. The van der Waals surface area contributed by atoms with E-state index in [0.717, 1.165) is 0 Å². The summed E-state index contributed by atoms with van der Waals surface area (Å²) in [6.45, 7) is 6.85. The van der Waals surface area contributed by atoms with Gasteiger partial charge in [-0.05, 0) is 38.7 Å². The van der Waals surface area contributed by atoms with Gasteiger partial charge in [0.2, 0.25) is 5.91 Å². The second kappa shape index (κ2) is 5.25. The van der Waals surface area contributed by atoms with Gasteiger partial charge < -0.3 is 20.1 Å². The molecule has 0 aromatic rings. The monoisotopic (exact) mass is 314 g/mol. The Hall–Kier alpha value is -1.70. The van der Waals surface area contributed by atoms with Crippen LogP contribution in [0.4, 0.5) is 4.79 Å². The number of nitrogens with zero attached hydrogens (tertiary/aromatic N) is 1. The lowest BCUT2D eigenvalue weighted by atomic mass is 9.99. The third kappa shape index (κ3) is 2.99. The van der Waals surface area contributed by atoms with Crippen molar-refractivity contribution < 1.29 is 24.2 Å². The van der Waals surface area contributed by atoms with Gasteiger partial charge in [-0.15, -0.1) is 11.8 Å². The Morgan fingerprint density at radius 3 is 2.57 bits per heavy atom. The van der Waals surface area contributed by atoms with Crippen LogP contribution in [0.5, 0.6) is 0 Å². The standard InChI is InChI=1S/C13H18N2O5S/c1-6-5-21-10-7(14-12(19)20-13(2,3)4)9(16)15(10)8(6)11(17)18/h5,7-8,10H,1-4H3,(H,14,19)(H,17,18). The molecule has 1 fully saturated rings. The maximum Gasteiger partial charge on any atom is 0.408 e. The molecule has 0 aromatic carbocycles. The minimum Gasteiger partial charge on any atom is -0.479 e. The van der Waals surface area contributed by atoms with Crippen molar-refractivity contribution in [2.45, 2.75) is 50.8 Å². The maximum absolute atomic E-state index is 12.1. The fourth-order valence-corrected chi connectivity index (χ4v) is 3.43. The fourth-order valence-electron chi connectivity index (χ4n) is 2.25. The van der Waals surface area contributed by atoms with E-state index in [-0.39, 0.29) is 0 Å². The van der Waals surface area contributed by atoms with Crippen LogP contribution in [-0.4, -0.2) is 51.0 Å². The first-order valence-corrected chi connectivity index (χ1v) is 7.43. The highest BCUT2D eigenvalue weighted by Gasteiger charge is 2.55. The molecule has 0 aromatic heterocycles. The molecule has 0 bridgehead atoms. The molecule has 1 saturated heterocycles. The number of hydrogen-bond donors (Lipinski definition) is 2. The number of fused-ring (bicyclic) bond motifs is 1. The van der Waals surface area contributed by atoms with E-state index < -0.39 is 41.0 Å². The maximum atomic E-state index is 12.1. The number of carbonyl (C=O) groups excluding carboxylic acids is 2. The van der Waals surface area contributed by atoms with Crippen LogP contribution >= 0.6 is 11.8 Å². The van der Waals surface area contributed by atoms with Gasteiger partial charge >= 0.3 is 12.1 Å². The van der Waals surface area contributed by atoms with Crippen molar-refractivity contribution in [1.29, 1.82) is 0 Å². The molecule has 2 aliphatic rings. The van der Waals surface area contributed by atoms with Crippen molar-refractivity contribution in [3.05, 3.63) is 11.0 Å². The summed E-state index contributed by atoms with van der Waals surface area (Å²) in [5.74, 6) is -1.48. The van der Waals surface area contributed by atoms with E-state index in [2.05, 4.69) is 5.32 Å². The summed E-state index contributed by atoms with van der Waals surface area (Å²) in [5.41, 5.74) is -0.0519. The average Bonchev–Trinajstić information content (AvgIpc) is 2.33. The van der Waals surface area contributed by atoms with E-state index in [0.29, 0.717) is 5.57 Å². The van der Waals surface area contributed by atoms with Crippen LogP contribution in [0.25, 0.3) is 0 Å². The average molecular weight is 314 g/mol. The van der Waals surface area contributed by atoms with E-state index in [1.54, 1.807) is 33.1 Å². The Morgan fingerprint density at radius 2 is 2.05 bits per heavy atom. The lowest BCUT2D eigenvalue weighted by molar-refractivity contribution is -0.159. The second-order valence-electron chi connectivity index (χ2n) is 6.00. The third-order valence-corrected chi connectivity index (χ3v) is 4.37. The summed E-state index contributed by atoms with van der Waals surface area (Å²) in [4.78, 5) is 36.4. The van der Waals surface area contributed by atoms with Gasteiger partial charge in [-0.25, -0.2) is 9.59 Å². The molecule has 3 atom stereocenters. The van der Waals surface area contributed by atoms with Gasteiger partial charge in [0.15, 0.2) is 6.04 Å². The summed E-state index contributed by atoms with van der Waals surface area (Å²) >= 11 is 1.32. The van der Waals surface area contributed by atoms with Gasteiger partial charge in [-0.2, -0.15) is 0 Å². The molecule has 2 rings (SSSR count). The zero-order valence-corrected chi connectivity index (χ0v) is 13.1. The summed E-state index contributed by atoms with van der Waals surface area (Å²) in [6.07, 6.45) is -0.681. The van der Waals surface area contributed by atoms with E-state index >= 15 is 0 Å². The molecule has 3 unspecified atom stereocenters. The number of aliphatic carboxylic acids is 1. The Morgan fingerprint density at radius 1 is 1.43 bits per heavy atom. The number of alkyl carbamates (subject to hydrolysis) is 1. The molecule has 2 N–H and O–H groups in total. The van der Waals surface area contributed by atoms with Crippen molar-refractivity contribution in [3.8, 4) is 0 Å². The lowest BCUT2D eigenvalue weighted by Crippen LogP contribution is -2.73. The number of ether oxygens (including phenoxy) is 1. The molecule has 0 saturated carbocycles. The molecule has 7 nitrogen and oxygen atoms in total. The molecule has 21 heavy (non-hydrogen) atoms. The molecule has 116 valence electrons. The van der Waals surface area contributed by atoms with Gasteiger partial charge in [0.25, 0.3) is 0 Å². The normalized spacial score (nSPS) is 28.2. The highest BCUT2D eigenvalue weighted by molar-refractivity contribution is 8.02. The van der Waals surface area contributed by atoms with Gasteiger partial charge in [0, 0.05) is 0 Å². The number of rotatable bonds is 2. The Bertz CT molecular complexity index is 525. The number of thioether (sulfide) groups is 1. The van der Waals surface area contributed by atoms with Gasteiger partial charge in [-0.1, -0.05) is 0 Å². The van der Waals surface area contributed by atoms with E-state index in [1.807, 2.05) is 0 Å². The summed E-state index contributed by atoms with van der Waals surface area (Å²) in [6, 6.07) is -1.71. The number of carbonyl (C=O) groups is 3. The highest BCUT2D eigenvalue weighted by Crippen LogP contribution is 2.39. The smallest absolute Gasteiger partial charge is 0.408 e. The molecule has 2 amide bonds. The van der Waals surface area contributed by atoms with Crippen molar-refractivity contribution in [2.24, 2.45) is 0 Å². The first-order chi connectivity index (χ1) is 9.61. The number of β-lactam (4-membered cyclic amide) rings is 1. The largest absolute Gasteiger partial charge is 0.479 e. The van der Waals surface area contributed by atoms with Crippen molar-refractivity contribution in [2.75, 3.05) is 0 Å². The quantitative estimate of drug-likeness (QED) is 0.742. The van der Waals surface area contributed by atoms with Crippen LogP contribution in [0.3, 0.4) is 0 Å². The van der Waals surface area contributed by atoms with Crippen molar-refractivity contribution in [1.82, 2.24) is 10.2 Å². The molecule has 8 heteroatoms. The number of carboxylic acid groups (broad SMARTS) is 1. The zero-order valence-electron chi connectivity index (χ0n) is 12.2. The van der Waals surface area contributed by atoms with Gasteiger partial charge in [0.05, 0.1) is 0 Å². The van der Waals surface area contributed by atoms with Crippen LogP contribution in [0.1, 0.15) is 27.7 Å². The number of nitrogens with one attached hydrogen (secondary N) is 1. The van der Waals surface area contributed by atoms with Crippen molar-refractivity contribution >= 4 is 29.7 Å². The highest BCUT2D eigenvalue weighted by atomic mass is 32.2. The topological polar surface area (TPSA) is 95.9 Å². The molecule has 2 heterocycles. The molecule has 2 aliphatic heterocycles. The molecule has 0 aliphatic carbocycles. The second-order valence-corrected chi connectivity index (χ2v) is 6.99. The lowest BCUT2D eigenvalue weighted by Gasteiger charge is -2.51. The number of amides is 2. The van der Waals surface area contributed by atoms with Crippen LogP contribution < -0.4 is 5.32 Å². The summed E-state index contributed by atoms with van der Waals surface area (Å²) in [5, 5.41) is 13.0. The van der Waals surface area contributed by atoms with Crippen molar-refractivity contribution in [3.63, 3.8) is 0 Å². The predicted octanol–water partition coefficient (Wildman–Crippen LogP) is 1.15.